The summed E-state index contributed by atoms with van der Waals surface area (Å²) in [6.07, 6.45) is 0. The molecule has 0 aliphatic rings. The van der Waals surface area contributed by atoms with Gasteiger partial charge in [-0.25, -0.2) is 0 Å². The van der Waals surface area contributed by atoms with Crippen molar-refractivity contribution in [1.82, 2.24) is 0 Å². The Morgan fingerprint density at radius 2 is 1.00 bits per heavy atom. The van der Waals surface area contributed by atoms with Crippen molar-refractivity contribution in [2.24, 2.45) is 0 Å². The maximum atomic E-state index is 0. The van der Waals surface area contributed by atoms with Gasteiger partial charge in [-0.1, -0.05) is 0 Å². The molecule has 22 valence electrons. The molecule has 4 heavy (non-hydrogen) atoms. The predicted octanol–water partition coefficient (Wildman–Crippen LogP) is -2.37. The Hall–Kier alpha value is 2.04. The van der Waals surface area contributed by atoms with E-state index in [2.05, 4.69) is 0 Å². The molecule has 0 saturated heterocycles. The third kappa shape index (κ3) is 8.97. The van der Waals surface area contributed by atoms with Gasteiger partial charge in [0, 0.05) is 39.9 Å². The van der Waals surface area contributed by atoms with Gasteiger partial charge in [0.2, 0.25) is 0 Å². The van der Waals surface area contributed by atoms with Gasteiger partial charge in [0.1, 0.15) is 0 Å². The van der Waals surface area contributed by atoms with Crippen LogP contribution < -0.4 is 0 Å². The second-order valence-electron chi connectivity index (χ2n) is 0. The van der Waals surface area contributed by atoms with E-state index >= 15 is 0 Å². The fourth-order valence-corrected chi connectivity index (χ4v) is 0. The van der Waals surface area contributed by atoms with Crippen molar-refractivity contribution in [3.05, 3.63) is 0 Å². The molecule has 0 aromatic carbocycles. The summed E-state index contributed by atoms with van der Waals surface area (Å²) >= 11 is 0. The second-order valence-corrected chi connectivity index (χ2v) is 0. The van der Waals surface area contributed by atoms with E-state index in [1.165, 1.54) is 0 Å². The van der Waals surface area contributed by atoms with E-state index < -0.39 is 0 Å². The van der Waals surface area contributed by atoms with Crippen molar-refractivity contribution in [3.63, 3.8) is 0 Å². The van der Waals surface area contributed by atoms with Gasteiger partial charge in [0.15, 0.2) is 17.4 Å². The quantitative estimate of drug-likeness (QED) is 0.439. The molecular formula is H6AlReSiZn. The molecule has 0 bridgehead atoms. The average molecular weight is 313 g/mol. The minimum atomic E-state index is 0. The smallest absolute Gasteiger partial charge is 0.0125 e. The van der Waals surface area contributed by atoms with Gasteiger partial charge in [-0.15, -0.1) is 0 Å². The van der Waals surface area contributed by atoms with Crippen LogP contribution in [0.15, 0.2) is 0 Å². The molecule has 0 unspecified atom stereocenters. The Bertz CT molecular complexity index is 8.00. The summed E-state index contributed by atoms with van der Waals surface area (Å²) in [6.45, 7) is 0. The molecule has 0 spiro atoms. The molecule has 4 heteroatoms. The van der Waals surface area contributed by atoms with Crippen molar-refractivity contribution in [1.29, 1.82) is 0 Å². The van der Waals surface area contributed by atoms with Gasteiger partial charge < -0.3 is 0 Å². The molecule has 0 aliphatic heterocycles. The summed E-state index contributed by atoms with van der Waals surface area (Å²) in [5, 5.41) is 0. The van der Waals surface area contributed by atoms with Crippen molar-refractivity contribution < 1.29 is 39.9 Å². The fourth-order valence-electron chi connectivity index (χ4n) is 0. The van der Waals surface area contributed by atoms with Crippen LogP contribution in [0, 0.1) is 0 Å². The average Bonchev–Trinajstić information content (AvgIpc) is 0. The largest absolute Gasteiger partial charge is 0.187 e. The first-order chi connectivity index (χ1) is 0. The van der Waals surface area contributed by atoms with E-state index in [1.807, 2.05) is 0 Å². The van der Waals surface area contributed by atoms with Crippen LogP contribution in [0.4, 0.5) is 0 Å². The number of hydrogen-bond donors (Lipinski definition) is 0. The summed E-state index contributed by atoms with van der Waals surface area (Å²) in [7, 11) is 0. The third-order valence-corrected chi connectivity index (χ3v) is 0. The van der Waals surface area contributed by atoms with E-state index in [0.717, 1.165) is 0 Å². The zero-order valence-corrected chi connectivity index (χ0v) is 9.77. The van der Waals surface area contributed by atoms with Crippen molar-refractivity contribution in [2.45, 2.75) is 0 Å². The molecule has 0 nitrogen and oxygen atoms in total. The Morgan fingerprint density at radius 1 is 1.00 bits per heavy atom. The van der Waals surface area contributed by atoms with Crippen LogP contribution in [0.3, 0.4) is 0 Å². The minimum Gasteiger partial charge on any atom is -0.0125 e. The molecule has 0 rings (SSSR count). The summed E-state index contributed by atoms with van der Waals surface area (Å²) in [4.78, 5) is 0. The summed E-state index contributed by atoms with van der Waals surface area (Å²) in [6, 6.07) is 0. The Labute approximate surface area is 67.7 Å². The number of rotatable bonds is 0. The summed E-state index contributed by atoms with van der Waals surface area (Å²) in [5.41, 5.74) is 0. The van der Waals surface area contributed by atoms with E-state index in [0.29, 0.717) is 0 Å². The maximum absolute atomic E-state index is 0. The van der Waals surface area contributed by atoms with Gasteiger partial charge in [-0.05, 0) is 11.0 Å². The fraction of sp³-hybridized carbons (Fsp3) is 0. The first kappa shape index (κ1) is 36.9. The molecule has 0 aliphatic carbocycles. The zero-order chi connectivity index (χ0) is 0. The van der Waals surface area contributed by atoms with Crippen molar-refractivity contribution in [3.8, 4) is 0 Å². The molecule has 0 aromatic heterocycles. The topological polar surface area (TPSA) is 0 Å². The minimum absolute atomic E-state index is 0. The Kier molecular flexibility index (Phi) is 183. The predicted molar refractivity (Wildman–Crippen MR) is 19.9 cm³/mol. The molecule has 0 N–H and O–H groups in total. The van der Waals surface area contributed by atoms with Gasteiger partial charge in [-0.2, -0.15) is 0 Å². The summed E-state index contributed by atoms with van der Waals surface area (Å²) < 4.78 is 0. The molecule has 2 radical (unpaired) electrons. The number of hydrogen-bond acceptors (Lipinski definition) is 0. The first-order valence-electron chi connectivity index (χ1n) is 0. The van der Waals surface area contributed by atoms with Crippen LogP contribution in [0.2, 0.25) is 0 Å². The second kappa shape index (κ2) is 19.8. The van der Waals surface area contributed by atoms with E-state index in [-0.39, 0.29) is 68.2 Å². The molecule has 0 aromatic rings. The van der Waals surface area contributed by atoms with Crippen LogP contribution in [-0.4, -0.2) is 28.3 Å². The van der Waals surface area contributed by atoms with Crippen LogP contribution in [0.5, 0.6) is 0 Å². The molecule has 0 atom stereocenters. The van der Waals surface area contributed by atoms with E-state index in [9.17, 15) is 0 Å². The molecule has 0 heterocycles. The van der Waals surface area contributed by atoms with Gasteiger partial charge in [-0.3, -0.25) is 0 Å². The normalized spacial score (nSPS) is 0. The summed E-state index contributed by atoms with van der Waals surface area (Å²) in [5.74, 6) is 0. The van der Waals surface area contributed by atoms with Crippen LogP contribution in [0.25, 0.3) is 0 Å². The Balaban J connectivity index is 0. The first-order valence-corrected chi connectivity index (χ1v) is 0. The molecular weight excluding hydrogens is 307 g/mol. The van der Waals surface area contributed by atoms with Crippen molar-refractivity contribution >= 4 is 28.3 Å². The molecule has 0 fully saturated rings. The van der Waals surface area contributed by atoms with Crippen LogP contribution in [-0.2, 0) is 39.9 Å². The van der Waals surface area contributed by atoms with Crippen molar-refractivity contribution in [2.75, 3.05) is 0 Å². The van der Waals surface area contributed by atoms with Gasteiger partial charge in [0.25, 0.3) is 0 Å². The SMILES string of the molecule is [AlH3].[Re].[SiH3].[Zn]. The maximum Gasteiger partial charge on any atom is 0.187 e. The van der Waals surface area contributed by atoms with Gasteiger partial charge in [0.05, 0.1) is 0 Å². The molecule has 0 saturated carbocycles. The standard InChI is InChI=1S/Al.Re.H3Si.Zn.3H/h;;1H3;;;;. The zero-order valence-electron chi connectivity index (χ0n) is 2.09. The van der Waals surface area contributed by atoms with E-state index in [1.54, 1.807) is 0 Å². The molecule has 0 amide bonds. The third-order valence-electron chi connectivity index (χ3n) is 0. The van der Waals surface area contributed by atoms with Crippen LogP contribution >= 0.6 is 0 Å². The van der Waals surface area contributed by atoms with Gasteiger partial charge >= 0.3 is 0 Å². The van der Waals surface area contributed by atoms with Crippen LogP contribution in [0.1, 0.15) is 0 Å². The Morgan fingerprint density at radius 3 is 1.00 bits per heavy atom. The monoisotopic (exact) mass is 312 g/mol. The van der Waals surface area contributed by atoms with E-state index in [4.69, 9.17) is 0 Å².